The Morgan fingerprint density at radius 1 is 0.842 bits per heavy atom. The average Bonchev–Trinajstić information content (AvgIpc) is 3.24. The topological polar surface area (TPSA) is 127 Å². The largest absolute Gasteiger partial charge is 0.326 e. The number of rotatable bonds is 8. The van der Waals surface area contributed by atoms with Gasteiger partial charge in [0.25, 0.3) is 10.0 Å². The number of aromatic nitrogens is 4. The second kappa shape index (κ2) is 9.84. The van der Waals surface area contributed by atoms with E-state index >= 15 is 0 Å². The van der Waals surface area contributed by atoms with Crippen LogP contribution in [0.4, 0.5) is 11.5 Å². The fraction of sp³-hybridized carbons (Fsp3) is 0.0741. The molecular weight excluding hydrogens is 520 g/mol. The van der Waals surface area contributed by atoms with E-state index in [4.69, 9.17) is 4.98 Å². The first-order valence-corrected chi connectivity index (χ1v) is 14.2. The lowest BCUT2D eigenvalue weighted by atomic mass is 10.0. The van der Waals surface area contributed by atoms with Crippen molar-refractivity contribution in [3.05, 3.63) is 85.1 Å². The zero-order valence-corrected chi connectivity index (χ0v) is 21.5. The van der Waals surface area contributed by atoms with Crippen molar-refractivity contribution in [2.24, 2.45) is 0 Å². The monoisotopic (exact) mass is 540 g/mol. The van der Waals surface area contributed by atoms with Crippen molar-refractivity contribution in [2.45, 2.75) is 16.5 Å². The maximum Gasteiger partial charge on any atom is 0.263 e. The molecule has 1 aliphatic rings. The van der Waals surface area contributed by atoms with Crippen LogP contribution < -0.4 is 10.0 Å². The summed E-state index contributed by atoms with van der Waals surface area (Å²) in [5, 5.41) is 14.3. The van der Waals surface area contributed by atoms with Crippen molar-refractivity contribution >= 4 is 50.0 Å². The molecule has 0 fully saturated rings. The molecule has 0 saturated carbocycles. The highest BCUT2D eigenvalue weighted by Gasteiger charge is 2.25. The van der Waals surface area contributed by atoms with Crippen molar-refractivity contribution in [2.75, 3.05) is 15.8 Å². The smallest absolute Gasteiger partial charge is 0.263 e. The number of benzene rings is 3. The molecule has 1 amide bonds. The summed E-state index contributed by atoms with van der Waals surface area (Å²) in [6.45, 7) is 0. The van der Waals surface area contributed by atoms with Gasteiger partial charge < -0.3 is 5.32 Å². The number of anilines is 2. The van der Waals surface area contributed by atoms with Crippen molar-refractivity contribution in [1.82, 2.24) is 20.2 Å². The summed E-state index contributed by atoms with van der Waals surface area (Å²) in [6.07, 6.45) is 1.73. The van der Waals surface area contributed by atoms with E-state index in [-0.39, 0.29) is 23.0 Å². The van der Waals surface area contributed by atoms with E-state index in [9.17, 15) is 13.2 Å². The SMILES string of the molecule is O=C(CCSc1nnc2c(n1)-c1cccc3cccc-2c13)Nc1ccc(S(=O)(=O)Nc2ccccn2)cc1. The maximum atomic E-state index is 12.5. The Morgan fingerprint density at radius 2 is 1.61 bits per heavy atom. The van der Waals surface area contributed by atoms with Gasteiger partial charge in [0.2, 0.25) is 11.1 Å². The Balaban J connectivity index is 1.06. The van der Waals surface area contributed by atoms with Crippen molar-refractivity contribution in [1.29, 1.82) is 0 Å². The average molecular weight is 541 g/mol. The molecule has 0 spiro atoms. The van der Waals surface area contributed by atoms with Crippen LogP contribution in [-0.2, 0) is 14.8 Å². The maximum absolute atomic E-state index is 12.5. The molecule has 188 valence electrons. The van der Waals surface area contributed by atoms with Crippen molar-refractivity contribution in [3.63, 3.8) is 0 Å². The van der Waals surface area contributed by atoms with E-state index in [1.54, 1.807) is 30.3 Å². The zero-order chi connectivity index (χ0) is 26.1. The van der Waals surface area contributed by atoms with Gasteiger partial charge in [0.1, 0.15) is 17.2 Å². The first kappa shape index (κ1) is 24.0. The molecule has 2 N–H and O–H groups in total. The number of nitrogens with zero attached hydrogens (tertiary/aromatic N) is 4. The second-order valence-corrected chi connectivity index (χ2v) is 11.2. The molecule has 0 radical (unpaired) electrons. The minimum absolute atomic E-state index is 0.0656. The van der Waals surface area contributed by atoms with Gasteiger partial charge in [-0.3, -0.25) is 9.52 Å². The van der Waals surface area contributed by atoms with Crippen molar-refractivity contribution in [3.8, 4) is 22.5 Å². The van der Waals surface area contributed by atoms with E-state index in [1.807, 2.05) is 24.3 Å². The molecule has 0 unspecified atom stereocenters. The third-order valence-electron chi connectivity index (χ3n) is 5.99. The lowest BCUT2D eigenvalue weighted by Crippen LogP contribution is -2.15. The van der Waals surface area contributed by atoms with E-state index in [0.29, 0.717) is 16.6 Å². The molecule has 2 aromatic heterocycles. The molecular formula is C27H20N6O3S2. The first-order valence-electron chi connectivity index (χ1n) is 11.7. The predicted octanol–water partition coefficient (Wildman–Crippen LogP) is 4.99. The van der Waals surface area contributed by atoms with Crippen LogP contribution in [0.1, 0.15) is 6.42 Å². The second-order valence-electron chi connectivity index (χ2n) is 8.49. The third kappa shape index (κ3) is 4.69. The Hall–Kier alpha value is -4.35. The summed E-state index contributed by atoms with van der Waals surface area (Å²) in [5.74, 6) is 0.488. The highest BCUT2D eigenvalue weighted by Crippen LogP contribution is 2.44. The molecule has 0 atom stereocenters. The molecule has 0 bridgehead atoms. The minimum Gasteiger partial charge on any atom is -0.326 e. The number of carbonyl (C=O) groups is 1. The fourth-order valence-electron chi connectivity index (χ4n) is 4.27. The van der Waals surface area contributed by atoms with E-state index < -0.39 is 10.0 Å². The molecule has 0 aliphatic heterocycles. The number of hydrogen-bond acceptors (Lipinski definition) is 8. The number of fused-ring (bicyclic) bond motifs is 3. The Morgan fingerprint density at radius 3 is 2.34 bits per heavy atom. The van der Waals surface area contributed by atoms with Crippen LogP contribution in [0.5, 0.6) is 0 Å². The van der Waals surface area contributed by atoms with Crippen LogP contribution in [-0.4, -0.2) is 40.2 Å². The predicted molar refractivity (Wildman–Crippen MR) is 147 cm³/mol. The Kier molecular flexibility index (Phi) is 6.22. The molecule has 38 heavy (non-hydrogen) atoms. The van der Waals surface area contributed by atoms with Crippen LogP contribution in [0.25, 0.3) is 33.3 Å². The van der Waals surface area contributed by atoms with Gasteiger partial charge in [0.15, 0.2) is 0 Å². The van der Waals surface area contributed by atoms with Gasteiger partial charge in [-0.25, -0.2) is 18.4 Å². The van der Waals surface area contributed by atoms with Gasteiger partial charge in [-0.2, -0.15) is 0 Å². The summed E-state index contributed by atoms with van der Waals surface area (Å²) in [6, 6.07) is 23.1. The van der Waals surface area contributed by atoms with Crippen LogP contribution in [0, 0.1) is 0 Å². The van der Waals surface area contributed by atoms with Crippen molar-refractivity contribution < 1.29 is 13.2 Å². The third-order valence-corrected chi connectivity index (χ3v) is 8.20. The standard InChI is InChI=1S/C27H20N6O3S2/c34-23(29-18-10-12-19(13-11-18)38(35,36)33-22-9-1-2-15-28-22)14-16-37-27-30-25-20-7-3-5-17-6-4-8-21(24(17)20)26(25)31-32-27/h1-13,15H,14,16H2,(H,28,33)(H,29,34). The number of pyridine rings is 1. The lowest BCUT2D eigenvalue weighted by Gasteiger charge is -2.09. The quantitative estimate of drug-likeness (QED) is 0.259. The number of nitrogens with one attached hydrogen (secondary N) is 2. The van der Waals surface area contributed by atoms with Gasteiger partial charge in [0.05, 0.1) is 4.90 Å². The number of carbonyl (C=O) groups excluding carboxylic acids is 1. The van der Waals surface area contributed by atoms with Crippen LogP contribution >= 0.6 is 11.8 Å². The molecule has 1 aliphatic carbocycles. The van der Waals surface area contributed by atoms with Gasteiger partial charge in [-0.1, -0.05) is 54.2 Å². The normalized spacial score (nSPS) is 11.8. The highest BCUT2D eigenvalue weighted by molar-refractivity contribution is 7.99. The number of thioether (sulfide) groups is 1. The summed E-state index contributed by atoms with van der Waals surface area (Å²) in [5.41, 5.74) is 4.17. The van der Waals surface area contributed by atoms with Gasteiger partial charge in [-0.05, 0) is 41.8 Å². The van der Waals surface area contributed by atoms with Crippen LogP contribution in [0.2, 0.25) is 0 Å². The molecule has 11 heteroatoms. The van der Waals surface area contributed by atoms with Crippen LogP contribution in [0.3, 0.4) is 0 Å². The Bertz CT molecular complexity index is 1770. The summed E-state index contributed by atoms with van der Waals surface area (Å²) < 4.78 is 27.5. The molecule has 6 rings (SSSR count). The highest BCUT2D eigenvalue weighted by atomic mass is 32.2. The molecule has 0 saturated heterocycles. The number of sulfonamides is 1. The van der Waals surface area contributed by atoms with Gasteiger partial charge in [-0.15, -0.1) is 10.2 Å². The van der Waals surface area contributed by atoms with Crippen LogP contribution in [0.15, 0.2) is 95.1 Å². The minimum atomic E-state index is -3.79. The summed E-state index contributed by atoms with van der Waals surface area (Å²) in [7, 11) is -3.79. The van der Waals surface area contributed by atoms with Gasteiger partial charge >= 0.3 is 0 Å². The summed E-state index contributed by atoms with van der Waals surface area (Å²) in [4.78, 5) is 21.2. The Labute approximate surface area is 222 Å². The number of amides is 1. The van der Waals surface area contributed by atoms with Gasteiger partial charge in [0, 0.05) is 40.6 Å². The summed E-state index contributed by atoms with van der Waals surface area (Å²) >= 11 is 1.36. The van der Waals surface area contributed by atoms with E-state index in [0.717, 1.165) is 33.3 Å². The molecule has 9 nitrogen and oxygen atoms in total. The molecule has 2 heterocycles. The lowest BCUT2D eigenvalue weighted by molar-refractivity contribution is -0.115. The van der Waals surface area contributed by atoms with E-state index in [1.165, 1.54) is 30.1 Å². The van der Waals surface area contributed by atoms with E-state index in [2.05, 4.69) is 37.4 Å². The molecule has 5 aromatic rings. The fourth-order valence-corrected chi connectivity index (χ4v) is 6.01. The first-order chi connectivity index (χ1) is 18.5. The number of hydrogen-bond donors (Lipinski definition) is 2. The zero-order valence-electron chi connectivity index (χ0n) is 19.8. The molecule has 3 aromatic carbocycles.